The summed E-state index contributed by atoms with van der Waals surface area (Å²) in [5.41, 5.74) is 3.37. The Labute approximate surface area is 133 Å². The third-order valence-electron chi connectivity index (χ3n) is 3.76. The highest BCUT2D eigenvalue weighted by Gasteiger charge is 2.05. The van der Waals surface area contributed by atoms with Gasteiger partial charge in [-0.3, -0.25) is 4.79 Å². The number of benzene rings is 2. The molecule has 0 saturated heterocycles. The monoisotopic (exact) mass is 309 g/mol. The van der Waals surface area contributed by atoms with Crippen LogP contribution >= 0.6 is 0 Å². The van der Waals surface area contributed by atoms with Crippen molar-refractivity contribution in [1.82, 2.24) is 4.57 Å². The zero-order valence-corrected chi connectivity index (χ0v) is 12.7. The number of rotatable bonds is 3. The minimum Gasteiger partial charge on any atom is -0.503 e. The average molecular weight is 309 g/mol. The summed E-state index contributed by atoms with van der Waals surface area (Å²) < 4.78 is 14.7. The van der Waals surface area contributed by atoms with Crippen LogP contribution < -0.4 is 5.43 Å². The molecule has 0 atom stereocenters. The molecule has 1 N–H and O–H groups in total. The van der Waals surface area contributed by atoms with Gasteiger partial charge in [-0.15, -0.1) is 0 Å². The molecule has 3 nitrogen and oxygen atoms in total. The largest absolute Gasteiger partial charge is 0.503 e. The first kappa shape index (κ1) is 15.0. The van der Waals surface area contributed by atoms with Crippen LogP contribution in [0.5, 0.6) is 5.75 Å². The van der Waals surface area contributed by atoms with Crippen molar-refractivity contribution < 1.29 is 9.50 Å². The van der Waals surface area contributed by atoms with E-state index >= 15 is 0 Å². The van der Waals surface area contributed by atoms with Crippen LogP contribution in [0.25, 0.3) is 5.69 Å². The second-order valence-corrected chi connectivity index (χ2v) is 5.50. The van der Waals surface area contributed by atoms with Gasteiger partial charge in [0.2, 0.25) is 5.43 Å². The molecular weight excluding hydrogens is 293 g/mol. The van der Waals surface area contributed by atoms with Crippen LogP contribution in [-0.4, -0.2) is 9.67 Å². The average Bonchev–Trinajstić information content (AvgIpc) is 2.54. The fourth-order valence-electron chi connectivity index (χ4n) is 2.51. The van der Waals surface area contributed by atoms with E-state index in [1.54, 1.807) is 16.7 Å². The molecule has 3 aromatic rings. The second-order valence-electron chi connectivity index (χ2n) is 5.50. The van der Waals surface area contributed by atoms with Gasteiger partial charge in [-0.05, 0) is 48.7 Å². The van der Waals surface area contributed by atoms with E-state index in [0.717, 1.165) is 28.9 Å². The maximum absolute atomic E-state index is 12.9. The van der Waals surface area contributed by atoms with Crippen molar-refractivity contribution in [1.29, 1.82) is 0 Å². The molecule has 0 saturated carbocycles. The minimum atomic E-state index is -0.383. The molecule has 0 aliphatic rings. The van der Waals surface area contributed by atoms with E-state index in [2.05, 4.69) is 0 Å². The van der Waals surface area contributed by atoms with Crippen molar-refractivity contribution in [3.05, 3.63) is 93.7 Å². The Morgan fingerprint density at radius 2 is 1.57 bits per heavy atom. The number of hydrogen-bond acceptors (Lipinski definition) is 2. The van der Waals surface area contributed by atoms with Gasteiger partial charge in [0.25, 0.3) is 0 Å². The van der Waals surface area contributed by atoms with Crippen molar-refractivity contribution in [3.8, 4) is 11.4 Å². The molecule has 1 heterocycles. The van der Waals surface area contributed by atoms with Crippen LogP contribution in [0.4, 0.5) is 4.39 Å². The molecule has 0 bridgehead atoms. The zero-order chi connectivity index (χ0) is 16.4. The molecule has 0 unspecified atom stereocenters. The quantitative estimate of drug-likeness (QED) is 0.803. The van der Waals surface area contributed by atoms with E-state index < -0.39 is 0 Å². The molecule has 23 heavy (non-hydrogen) atoms. The van der Waals surface area contributed by atoms with Crippen molar-refractivity contribution in [3.63, 3.8) is 0 Å². The molecule has 0 aliphatic heterocycles. The lowest BCUT2D eigenvalue weighted by Gasteiger charge is -2.12. The van der Waals surface area contributed by atoms with Gasteiger partial charge in [-0.25, -0.2) is 4.39 Å². The summed E-state index contributed by atoms with van der Waals surface area (Å²) in [6, 6.07) is 15.7. The Morgan fingerprint density at radius 3 is 2.17 bits per heavy atom. The van der Waals surface area contributed by atoms with Gasteiger partial charge in [0, 0.05) is 17.4 Å². The van der Waals surface area contributed by atoms with E-state index in [4.69, 9.17) is 0 Å². The third kappa shape index (κ3) is 3.31. The SMILES string of the molecule is Cc1cc(=O)c(O)cn1-c1ccc(Cc2ccc(F)cc2)cc1. The molecule has 0 amide bonds. The van der Waals surface area contributed by atoms with Gasteiger partial charge < -0.3 is 9.67 Å². The first-order chi connectivity index (χ1) is 11.0. The van der Waals surface area contributed by atoms with E-state index in [0.29, 0.717) is 0 Å². The fraction of sp³-hybridized carbons (Fsp3) is 0.105. The molecular formula is C19H16FNO2. The normalized spacial score (nSPS) is 10.7. The molecule has 116 valence electrons. The van der Waals surface area contributed by atoms with Crippen LogP contribution in [0.1, 0.15) is 16.8 Å². The van der Waals surface area contributed by atoms with Crippen LogP contribution in [0.15, 0.2) is 65.6 Å². The smallest absolute Gasteiger partial charge is 0.223 e. The standard InChI is InChI=1S/C19H16FNO2/c1-13-10-18(22)19(23)12-21(13)17-8-4-15(5-9-17)11-14-2-6-16(20)7-3-14/h2-10,12,23H,11H2,1H3. The first-order valence-corrected chi connectivity index (χ1v) is 7.29. The van der Waals surface area contributed by atoms with E-state index in [1.165, 1.54) is 24.4 Å². The number of halogens is 1. The van der Waals surface area contributed by atoms with Crippen molar-refractivity contribution >= 4 is 0 Å². The molecule has 0 fully saturated rings. The summed E-state index contributed by atoms with van der Waals surface area (Å²) in [6.07, 6.45) is 2.14. The molecule has 3 rings (SSSR count). The number of aromatic hydroxyl groups is 1. The topological polar surface area (TPSA) is 42.2 Å². The van der Waals surface area contributed by atoms with Gasteiger partial charge >= 0.3 is 0 Å². The lowest BCUT2D eigenvalue weighted by Crippen LogP contribution is -2.08. The van der Waals surface area contributed by atoms with Crippen LogP contribution in [0.3, 0.4) is 0 Å². The molecule has 0 radical (unpaired) electrons. The molecule has 2 aromatic carbocycles. The highest BCUT2D eigenvalue weighted by Crippen LogP contribution is 2.16. The summed E-state index contributed by atoms with van der Waals surface area (Å²) in [7, 11) is 0. The third-order valence-corrected chi connectivity index (χ3v) is 3.76. The maximum atomic E-state index is 12.9. The van der Waals surface area contributed by atoms with E-state index in [1.807, 2.05) is 31.2 Å². The predicted octanol–water partition coefficient (Wildman–Crippen LogP) is 3.58. The zero-order valence-electron chi connectivity index (χ0n) is 12.7. The summed E-state index contributed by atoms with van der Waals surface area (Å²) in [4.78, 5) is 11.4. The van der Waals surface area contributed by atoms with Crippen LogP contribution in [-0.2, 0) is 6.42 Å². The summed E-state index contributed by atoms with van der Waals surface area (Å²) in [5.74, 6) is -0.511. The number of nitrogens with zero attached hydrogens (tertiary/aromatic N) is 1. The van der Waals surface area contributed by atoms with Gasteiger partial charge in [0.15, 0.2) is 5.75 Å². The van der Waals surface area contributed by atoms with Crippen LogP contribution in [0, 0.1) is 12.7 Å². The summed E-state index contributed by atoms with van der Waals surface area (Å²) in [6.45, 7) is 1.81. The van der Waals surface area contributed by atoms with Gasteiger partial charge in [-0.2, -0.15) is 0 Å². The molecule has 0 aliphatic carbocycles. The summed E-state index contributed by atoms with van der Waals surface area (Å²) in [5, 5.41) is 9.59. The highest BCUT2D eigenvalue weighted by molar-refractivity contribution is 5.39. The predicted molar refractivity (Wildman–Crippen MR) is 87.6 cm³/mol. The van der Waals surface area contributed by atoms with Crippen LogP contribution in [0.2, 0.25) is 0 Å². The molecule has 4 heteroatoms. The second kappa shape index (κ2) is 6.08. The van der Waals surface area contributed by atoms with Crippen molar-refractivity contribution in [2.24, 2.45) is 0 Å². The Bertz CT molecular complexity index is 881. The highest BCUT2D eigenvalue weighted by atomic mass is 19.1. The Morgan fingerprint density at radius 1 is 1.00 bits per heavy atom. The van der Waals surface area contributed by atoms with E-state index in [9.17, 15) is 14.3 Å². The number of hydrogen-bond donors (Lipinski definition) is 1. The number of pyridine rings is 1. The number of aromatic nitrogens is 1. The Balaban J connectivity index is 1.86. The lowest BCUT2D eigenvalue weighted by molar-refractivity contribution is 0.465. The molecule has 0 spiro atoms. The lowest BCUT2D eigenvalue weighted by atomic mass is 10.0. The fourth-order valence-corrected chi connectivity index (χ4v) is 2.51. The van der Waals surface area contributed by atoms with Gasteiger partial charge in [0.1, 0.15) is 5.82 Å². The minimum absolute atomic E-state index is 0.238. The Kier molecular flexibility index (Phi) is 3.98. The Hall–Kier alpha value is -2.88. The van der Waals surface area contributed by atoms with E-state index in [-0.39, 0.29) is 17.0 Å². The van der Waals surface area contributed by atoms with Crippen molar-refractivity contribution in [2.45, 2.75) is 13.3 Å². The van der Waals surface area contributed by atoms with Gasteiger partial charge in [-0.1, -0.05) is 24.3 Å². The van der Waals surface area contributed by atoms with Gasteiger partial charge in [0.05, 0.1) is 6.20 Å². The summed E-state index contributed by atoms with van der Waals surface area (Å²) >= 11 is 0. The number of aryl methyl sites for hydroxylation is 1. The molecule has 1 aromatic heterocycles. The first-order valence-electron chi connectivity index (χ1n) is 7.29. The maximum Gasteiger partial charge on any atom is 0.223 e. The van der Waals surface area contributed by atoms with Crippen molar-refractivity contribution in [2.75, 3.05) is 0 Å².